The SMILES string of the molecule is O=C(NC1CCN(C(=O)c2cccs2)CC1)c1ccc(Br)cc1. The Hall–Kier alpha value is -1.66. The van der Waals surface area contributed by atoms with Crippen molar-refractivity contribution in [3.8, 4) is 0 Å². The molecule has 0 aliphatic carbocycles. The third-order valence-corrected chi connectivity index (χ3v) is 5.34. The fourth-order valence-corrected chi connectivity index (χ4v) is 3.61. The van der Waals surface area contributed by atoms with Crippen molar-refractivity contribution in [3.05, 3.63) is 56.7 Å². The van der Waals surface area contributed by atoms with Gasteiger partial charge >= 0.3 is 0 Å². The molecule has 1 aromatic heterocycles. The van der Waals surface area contributed by atoms with Crippen LogP contribution in [0.5, 0.6) is 0 Å². The molecule has 0 radical (unpaired) electrons. The minimum absolute atomic E-state index is 0.0551. The number of carbonyl (C=O) groups excluding carboxylic acids is 2. The molecule has 2 amide bonds. The van der Waals surface area contributed by atoms with Gasteiger partial charge in [-0.2, -0.15) is 0 Å². The van der Waals surface area contributed by atoms with Gasteiger partial charge in [0.25, 0.3) is 11.8 Å². The van der Waals surface area contributed by atoms with Crippen LogP contribution in [-0.2, 0) is 0 Å². The van der Waals surface area contributed by atoms with Gasteiger partial charge in [0.15, 0.2) is 0 Å². The van der Waals surface area contributed by atoms with Crippen LogP contribution in [0.4, 0.5) is 0 Å². The fraction of sp³-hybridized carbons (Fsp3) is 0.294. The summed E-state index contributed by atoms with van der Waals surface area (Å²) in [5.74, 6) is 0.0400. The molecule has 1 saturated heterocycles. The molecule has 3 rings (SSSR count). The summed E-state index contributed by atoms with van der Waals surface area (Å²) in [5, 5.41) is 4.97. The van der Waals surface area contributed by atoms with Crippen molar-refractivity contribution in [2.24, 2.45) is 0 Å². The molecule has 2 aromatic rings. The number of piperidine rings is 1. The first-order valence-corrected chi connectivity index (χ1v) is 9.20. The topological polar surface area (TPSA) is 49.4 Å². The number of thiophene rings is 1. The zero-order valence-corrected chi connectivity index (χ0v) is 14.9. The van der Waals surface area contributed by atoms with Gasteiger partial charge in [-0.05, 0) is 48.6 Å². The predicted octanol–water partition coefficient (Wildman–Crippen LogP) is 3.55. The summed E-state index contributed by atoms with van der Waals surface area (Å²) in [4.78, 5) is 27.2. The molecule has 0 spiro atoms. The number of halogens is 1. The van der Waals surface area contributed by atoms with Gasteiger partial charge in [-0.1, -0.05) is 22.0 Å². The summed E-state index contributed by atoms with van der Waals surface area (Å²) in [6.07, 6.45) is 1.58. The van der Waals surface area contributed by atoms with Gasteiger partial charge in [-0.25, -0.2) is 0 Å². The van der Waals surface area contributed by atoms with Crippen LogP contribution in [0.25, 0.3) is 0 Å². The Morgan fingerprint density at radius 1 is 1.13 bits per heavy atom. The van der Waals surface area contributed by atoms with E-state index in [1.54, 1.807) is 12.1 Å². The highest BCUT2D eigenvalue weighted by molar-refractivity contribution is 9.10. The Morgan fingerprint density at radius 2 is 1.83 bits per heavy atom. The minimum Gasteiger partial charge on any atom is -0.349 e. The van der Waals surface area contributed by atoms with E-state index in [4.69, 9.17) is 0 Å². The van der Waals surface area contributed by atoms with Crippen LogP contribution in [0, 0.1) is 0 Å². The quantitative estimate of drug-likeness (QED) is 0.867. The molecule has 4 nitrogen and oxygen atoms in total. The van der Waals surface area contributed by atoms with Crippen LogP contribution in [0.1, 0.15) is 32.9 Å². The first-order chi connectivity index (χ1) is 11.1. The van der Waals surface area contributed by atoms with Crippen molar-refractivity contribution in [2.45, 2.75) is 18.9 Å². The average molecular weight is 393 g/mol. The van der Waals surface area contributed by atoms with Crippen molar-refractivity contribution >= 4 is 39.1 Å². The molecular weight excluding hydrogens is 376 g/mol. The number of carbonyl (C=O) groups is 2. The molecule has 1 aliphatic rings. The molecule has 23 heavy (non-hydrogen) atoms. The summed E-state index contributed by atoms with van der Waals surface area (Å²) in [7, 11) is 0. The lowest BCUT2D eigenvalue weighted by molar-refractivity contribution is 0.0703. The Balaban J connectivity index is 1.52. The van der Waals surface area contributed by atoms with Crippen LogP contribution in [0.15, 0.2) is 46.3 Å². The Labute approximate surface area is 147 Å². The Kier molecular flexibility index (Phi) is 5.13. The molecule has 1 aliphatic heterocycles. The summed E-state index contributed by atoms with van der Waals surface area (Å²) >= 11 is 4.83. The lowest BCUT2D eigenvalue weighted by atomic mass is 10.0. The Morgan fingerprint density at radius 3 is 2.43 bits per heavy atom. The second-order valence-corrected chi connectivity index (χ2v) is 7.39. The number of benzene rings is 1. The van der Waals surface area contributed by atoms with Crippen LogP contribution in [-0.4, -0.2) is 35.8 Å². The molecule has 1 fully saturated rings. The normalized spacial score (nSPS) is 15.4. The van der Waals surface area contributed by atoms with Gasteiger partial charge in [-0.15, -0.1) is 11.3 Å². The van der Waals surface area contributed by atoms with Gasteiger partial charge in [0, 0.05) is 29.2 Å². The highest BCUT2D eigenvalue weighted by Crippen LogP contribution is 2.17. The number of rotatable bonds is 3. The lowest BCUT2D eigenvalue weighted by Gasteiger charge is -2.32. The second-order valence-electron chi connectivity index (χ2n) is 5.52. The first-order valence-electron chi connectivity index (χ1n) is 7.52. The van der Waals surface area contributed by atoms with E-state index < -0.39 is 0 Å². The highest BCUT2D eigenvalue weighted by Gasteiger charge is 2.25. The van der Waals surface area contributed by atoms with Crippen LogP contribution >= 0.6 is 27.3 Å². The van der Waals surface area contributed by atoms with E-state index in [-0.39, 0.29) is 17.9 Å². The summed E-state index contributed by atoms with van der Waals surface area (Å²) in [6.45, 7) is 1.37. The zero-order chi connectivity index (χ0) is 16.2. The number of likely N-dealkylation sites (tertiary alicyclic amines) is 1. The lowest BCUT2D eigenvalue weighted by Crippen LogP contribution is -2.46. The smallest absolute Gasteiger partial charge is 0.263 e. The van der Waals surface area contributed by atoms with Crippen molar-refractivity contribution in [3.63, 3.8) is 0 Å². The number of amides is 2. The summed E-state index contributed by atoms with van der Waals surface area (Å²) < 4.78 is 0.953. The minimum atomic E-state index is -0.0551. The second kappa shape index (κ2) is 7.27. The summed E-state index contributed by atoms with van der Waals surface area (Å²) in [6, 6.07) is 11.2. The molecule has 1 aromatic carbocycles. The third kappa shape index (κ3) is 4.00. The van der Waals surface area contributed by atoms with E-state index in [0.29, 0.717) is 18.7 Å². The first kappa shape index (κ1) is 16.2. The highest BCUT2D eigenvalue weighted by atomic mass is 79.9. The zero-order valence-electron chi connectivity index (χ0n) is 12.5. The standard InChI is InChI=1S/C17H17BrN2O2S/c18-13-5-3-12(4-6-13)16(21)19-14-7-9-20(10-8-14)17(22)15-2-1-11-23-15/h1-6,11,14H,7-10H2,(H,19,21). The predicted molar refractivity (Wildman–Crippen MR) is 94.9 cm³/mol. The average Bonchev–Trinajstić information content (AvgIpc) is 3.10. The van der Waals surface area contributed by atoms with E-state index in [2.05, 4.69) is 21.2 Å². The van der Waals surface area contributed by atoms with Crippen molar-refractivity contribution in [1.82, 2.24) is 10.2 Å². The van der Waals surface area contributed by atoms with Gasteiger partial charge in [0.2, 0.25) is 0 Å². The fourth-order valence-electron chi connectivity index (χ4n) is 2.65. The van der Waals surface area contributed by atoms with Crippen molar-refractivity contribution < 1.29 is 9.59 Å². The molecule has 0 bridgehead atoms. The van der Waals surface area contributed by atoms with E-state index >= 15 is 0 Å². The number of nitrogens with zero attached hydrogens (tertiary/aromatic N) is 1. The largest absolute Gasteiger partial charge is 0.349 e. The molecular formula is C17H17BrN2O2S. The maximum atomic E-state index is 12.3. The summed E-state index contributed by atoms with van der Waals surface area (Å²) in [5.41, 5.74) is 0.658. The van der Waals surface area contributed by atoms with Crippen LogP contribution in [0.3, 0.4) is 0 Å². The number of nitrogens with one attached hydrogen (secondary N) is 1. The van der Waals surface area contributed by atoms with Gasteiger partial charge in [-0.3, -0.25) is 9.59 Å². The molecule has 1 N–H and O–H groups in total. The van der Waals surface area contributed by atoms with Crippen LogP contribution in [0.2, 0.25) is 0 Å². The number of hydrogen-bond acceptors (Lipinski definition) is 3. The van der Waals surface area contributed by atoms with Crippen LogP contribution < -0.4 is 5.32 Å². The third-order valence-electron chi connectivity index (χ3n) is 3.96. The number of hydrogen-bond donors (Lipinski definition) is 1. The van der Waals surface area contributed by atoms with E-state index in [9.17, 15) is 9.59 Å². The molecule has 0 unspecified atom stereocenters. The van der Waals surface area contributed by atoms with Gasteiger partial charge in [0.1, 0.15) is 0 Å². The monoisotopic (exact) mass is 392 g/mol. The van der Waals surface area contributed by atoms with E-state index in [1.165, 1.54) is 11.3 Å². The molecule has 6 heteroatoms. The molecule has 0 saturated carbocycles. The molecule has 2 heterocycles. The van der Waals surface area contributed by atoms with Crippen molar-refractivity contribution in [1.29, 1.82) is 0 Å². The van der Waals surface area contributed by atoms with E-state index in [1.807, 2.05) is 34.5 Å². The van der Waals surface area contributed by atoms with Gasteiger partial charge in [0.05, 0.1) is 4.88 Å². The maximum Gasteiger partial charge on any atom is 0.263 e. The van der Waals surface area contributed by atoms with E-state index in [0.717, 1.165) is 22.2 Å². The molecule has 120 valence electrons. The molecule has 0 atom stereocenters. The van der Waals surface area contributed by atoms with Gasteiger partial charge < -0.3 is 10.2 Å². The maximum absolute atomic E-state index is 12.3. The Bertz CT molecular complexity index is 677. The van der Waals surface area contributed by atoms with Crippen molar-refractivity contribution in [2.75, 3.05) is 13.1 Å².